The number of nitrogens with zero attached hydrogens (tertiary/aromatic N) is 1. The van der Waals surface area contributed by atoms with E-state index in [0.29, 0.717) is 6.61 Å². The first-order chi connectivity index (χ1) is 10.1. The van der Waals surface area contributed by atoms with Crippen molar-refractivity contribution in [2.24, 2.45) is 0 Å². The number of hydrogen-bond acceptors (Lipinski definition) is 4. The molecule has 21 heavy (non-hydrogen) atoms. The van der Waals surface area contributed by atoms with E-state index in [1.54, 1.807) is 11.3 Å². The van der Waals surface area contributed by atoms with Crippen molar-refractivity contribution >= 4 is 11.3 Å². The molecule has 1 aliphatic carbocycles. The Kier molecular flexibility index (Phi) is 4.27. The average molecular weight is 302 g/mol. The second-order valence-electron chi connectivity index (χ2n) is 5.88. The fraction of sp³-hybridized carbons (Fsp3) is 0.471. The van der Waals surface area contributed by atoms with Crippen LogP contribution >= 0.6 is 11.3 Å². The minimum atomic E-state index is 0.545. The fourth-order valence-electron chi connectivity index (χ4n) is 2.32. The summed E-state index contributed by atoms with van der Waals surface area (Å²) in [6.07, 6.45) is 2.63. The summed E-state index contributed by atoms with van der Waals surface area (Å²) in [5.74, 6) is 0.971. The highest BCUT2D eigenvalue weighted by Crippen LogP contribution is 2.24. The van der Waals surface area contributed by atoms with Gasteiger partial charge >= 0.3 is 0 Å². The molecular weight excluding hydrogens is 280 g/mol. The highest BCUT2D eigenvalue weighted by atomic mass is 32.1. The number of hydrogen-bond donors (Lipinski definition) is 1. The van der Waals surface area contributed by atoms with Crippen LogP contribution in [0.5, 0.6) is 5.75 Å². The number of aryl methyl sites for hydroxylation is 2. The van der Waals surface area contributed by atoms with Gasteiger partial charge in [0.05, 0.1) is 5.69 Å². The van der Waals surface area contributed by atoms with Gasteiger partial charge in [-0.1, -0.05) is 6.07 Å². The Morgan fingerprint density at radius 2 is 2.10 bits per heavy atom. The second-order valence-corrected chi connectivity index (χ2v) is 6.82. The van der Waals surface area contributed by atoms with Crippen molar-refractivity contribution in [3.63, 3.8) is 0 Å². The third-order valence-corrected chi connectivity index (χ3v) is 4.76. The first kappa shape index (κ1) is 14.5. The van der Waals surface area contributed by atoms with E-state index in [4.69, 9.17) is 4.74 Å². The molecule has 0 aliphatic heterocycles. The number of ether oxygens (including phenoxy) is 1. The molecular formula is C17H22N2OS. The van der Waals surface area contributed by atoms with Gasteiger partial charge in [-0.3, -0.25) is 0 Å². The predicted octanol–water partition coefficient (Wildman–Crippen LogP) is 3.90. The van der Waals surface area contributed by atoms with E-state index in [-0.39, 0.29) is 0 Å². The van der Waals surface area contributed by atoms with Crippen LogP contribution in [0.1, 0.15) is 40.2 Å². The summed E-state index contributed by atoms with van der Waals surface area (Å²) >= 11 is 1.71. The molecule has 4 heteroatoms. The third kappa shape index (κ3) is 3.83. The van der Waals surface area contributed by atoms with Gasteiger partial charge in [-0.25, -0.2) is 4.98 Å². The zero-order valence-corrected chi connectivity index (χ0v) is 13.7. The van der Waals surface area contributed by atoms with Gasteiger partial charge < -0.3 is 10.1 Å². The van der Waals surface area contributed by atoms with Crippen LogP contribution in [0.2, 0.25) is 0 Å². The number of thiazole rings is 1. The lowest BCUT2D eigenvalue weighted by atomic mass is 10.1. The summed E-state index contributed by atoms with van der Waals surface area (Å²) in [6.45, 7) is 7.77. The van der Waals surface area contributed by atoms with E-state index in [2.05, 4.69) is 48.6 Å². The van der Waals surface area contributed by atoms with E-state index in [1.807, 2.05) is 0 Å². The first-order valence-electron chi connectivity index (χ1n) is 7.49. The Hall–Kier alpha value is -1.39. The molecule has 0 atom stereocenters. The SMILES string of the molecule is Cc1cc(C)c(C)c(OCc2csc(CNC3CC3)n2)c1. The normalized spacial score (nSPS) is 14.4. The van der Waals surface area contributed by atoms with Crippen LogP contribution in [0.4, 0.5) is 0 Å². The highest BCUT2D eigenvalue weighted by Gasteiger charge is 2.20. The number of nitrogens with one attached hydrogen (secondary N) is 1. The smallest absolute Gasteiger partial charge is 0.131 e. The molecule has 0 spiro atoms. The standard InChI is InChI=1S/C17H22N2OS/c1-11-6-12(2)13(3)16(7-11)20-9-15-10-21-17(19-15)8-18-14-4-5-14/h6-7,10,14,18H,4-5,8-9H2,1-3H3. The van der Waals surface area contributed by atoms with Gasteiger partial charge in [0.15, 0.2) is 0 Å². The van der Waals surface area contributed by atoms with Crippen LogP contribution in [-0.2, 0) is 13.2 Å². The lowest BCUT2D eigenvalue weighted by Crippen LogP contribution is -2.15. The summed E-state index contributed by atoms with van der Waals surface area (Å²) in [4.78, 5) is 4.63. The first-order valence-corrected chi connectivity index (χ1v) is 8.37. The maximum atomic E-state index is 5.96. The Labute approximate surface area is 130 Å². The molecule has 0 amide bonds. The molecule has 1 fully saturated rings. The molecule has 0 unspecified atom stereocenters. The minimum absolute atomic E-state index is 0.545. The van der Waals surface area contributed by atoms with Gasteiger partial charge in [0.25, 0.3) is 0 Å². The van der Waals surface area contributed by atoms with E-state index < -0.39 is 0 Å². The molecule has 0 saturated heterocycles. The van der Waals surface area contributed by atoms with Crippen molar-refractivity contribution in [1.82, 2.24) is 10.3 Å². The summed E-state index contributed by atoms with van der Waals surface area (Å²) in [5.41, 5.74) is 4.75. The molecule has 1 aliphatic rings. The van der Waals surface area contributed by atoms with Gasteiger partial charge in [0, 0.05) is 18.0 Å². The molecule has 1 N–H and O–H groups in total. The minimum Gasteiger partial charge on any atom is -0.487 e. The topological polar surface area (TPSA) is 34.1 Å². The molecule has 3 nitrogen and oxygen atoms in total. The zero-order chi connectivity index (χ0) is 14.8. The van der Waals surface area contributed by atoms with Crippen molar-refractivity contribution in [3.05, 3.63) is 44.9 Å². The Morgan fingerprint density at radius 3 is 2.86 bits per heavy atom. The van der Waals surface area contributed by atoms with E-state index in [1.165, 1.54) is 29.5 Å². The largest absolute Gasteiger partial charge is 0.487 e. The Bertz CT molecular complexity index is 632. The zero-order valence-electron chi connectivity index (χ0n) is 12.9. The van der Waals surface area contributed by atoms with Crippen molar-refractivity contribution in [2.75, 3.05) is 0 Å². The highest BCUT2D eigenvalue weighted by molar-refractivity contribution is 7.09. The van der Waals surface area contributed by atoms with E-state index in [0.717, 1.165) is 29.0 Å². The summed E-state index contributed by atoms with van der Waals surface area (Å²) < 4.78 is 5.96. The van der Waals surface area contributed by atoms with Crippen molar-refractivity contribution in [1.29, 1.82) is 0 Å². The van der Waals surface area contributed by atoms with E-state index in [9.17, 15) is 0 Å². The number of aromatic nitrogens is 1. The van der Waals surface area contributed by atoms with Crippen LogP contribution in [0.25, 0.3) is 0 Å². The molecule has 0 radical (unpaired) electrons. The van der Waals surface area contributed by atoms with Crippen LogP contribution in [-0.4, -0.2) is 11.0 Å². The summed E-state index contributed by atoms with van der Waals surface area (Å²) in [5, 5.41) is 6.74. The molecule has 2 aromatic rings. The predicted molar refractivity (Wildman–Crippen MR) is 87.0 cm³/mol. The number of rotatable bonds is 6. The monoisotopic (exact) mass is 302 g/mol. The van der Waals surface area contributed by atoms with Crippen LogP contribution < -0.4 is 10.1 Å². The van der Waals surface area contributed by atoms with Gasteiger partial charge in [0.2, 0.25) is 0 Å². The van der Waals surface area contributed by atoms with Crippen molar-refractivity contribution in [2.45, 2.75) is 52.8 Å². The molecule has 1 heterocycles. The van der Waals surface area contributed by atoms with Crippen molar-refractivity contribution in [3.8, 4) is 5.75 Å². The van der Waals surface area contributed by atoms with Crippen molar-refractivity contribution < 1.29 is 4.74 Å². The average Bonchev–Trinajstić information content (AvgIpc) is 3.17. The van der Waals surface area contributed by atoms with Crippen LogP contribution in [0.3, 0.4) is 0 Å². The molecule has 1 saturated carbocycles. The lowest BCUT2D eigenvalue weighted by Gasteiger charge is -2.11. The number of benzene rings is 1. The quantitative estimate of drug-likeness (QED) is 0.879. The molecule has 1 aromatic carbocycles. The lowest BCUT2D eigenvalue weighted by molar-refractivity contribution is 0.299. The van der Waals surface area contributed by atoms with Crippen LogP contribution in [0.15, 0.2) is 17.5 Å². The van der Waals surface area contributed by atoms with Gasteiger partial charge in [-0.15, -0.1) is 11.3 Å². The molecule has 1 aromatic heterocycles. The molecule has 112 valence electrons. The van der Waals surface area contributed by atoms with Gasteiger partial charge in [-0.05, 0) is 56.4 Å². The molecule has 3 rings (SSSR count). The fourth-order valence-corrected chi connectivity index (χ4v) is 3.05. The Balaban J connectivity index is 1.59. The maximum Gasteiger partial charge on any atom is 0.131 e. The molecule has 0 bridgehead atoms. The van der Waals surface area contributed by atoms with Crippen LogP contribution in [0, 0.1) is 20.8 Å². The Morgan fingerprint density at radius 1 is 1.29 bits per heavy atom. The van der Waals surface area contributed by atoms with E-state index >= 15 is 0 Å². The summed E-state index contributed by atoms with van der Waals surface area (Å²) in [7, 11) is 0. The maximum absolute atomic E-state index is 5.96. The third-order valence-electron chi connectivity index (χ3n) is 3.86. The summed E-state index contributed by atoms with van der Waals surface area (Å²) in [6, 6.07) is 5.02. The van der Waals surface area contributed by atoms with Gasteiger partial charge in [0.1, 0.15) is 17.4 Å². The second kappa shape index (κ2) is 6.16. The van der Waals surface area contributed by atoms with Gasteiger partial charge in [-0.2, -0.15) is 0 Å².